The zero-order valence-electron chi connectivity index (χ0n) is 25.5. The molecule has 0 radical (unpaired) electrons. The lowest BCUT2D eigenvalue weighted by atomic mass is 9.81. The summed E-state index contributed by atoms with van der Waals surface area (Å²) < 4.78 is 8.98. The van der Waals surface area contributed by atoms with Crippen LogP contribution in [0.3, 0.4) is 0 Å². The van der Waals surface area contributed by atoms with Crippen molar-refractivity contribution in [3.63, 3.8) is 0 Å². The summed E-state index contributed by atoms with van der Waals surface area (Å²) in [7, 11) is 4.35. The van der Waals surface area contributed by atoms with Crippen molar-refractivity contribution < 1.29 is 33.3 Å². The maximum Gasteiger partial charge on any atom is 0.209 e. The highest BCUT2D eigenvalue weighted by atomic mass is 127. The van der Waals surface area contributed by atoms with Crippen molar-refractivity contribution in [1.29, 1.82) is 0 Å². The van der Waals surface area contributed by atoms with Crippen LogP contribution in [0.4, 0.5) is 11.4 Å². The first kappa shape index (κ1) is 30.0. The van der Waals surface area contributed by atoms with Crippen molar-refractivity contribution in [3.05, 3.63) is 131 Å². The van der Waals surface area contributed by atoms with E-state index in [1.807, 2.05) is 12.1 Å². The minimum Gasteiger partial charge on any atom is -1.00 e. The maximum atomic E-state index is 6.65. The fourth-order valence-corrected chi connectivity index (χ4v) is 6.84. The van der Waals surface area contributed by atoms with E-state index >= 15 is 0 Å². The molecule has 0 amide bonds. The first-order valence-electron chi connectivity index (χ1n) is 14.6. The lowest BCUT2D eigenvalue weighted by Gasteiger charge is -2.25. The molecule has 3 aliphatic rings. The molecule has 0 bridgehead atoms. The second-order valence-electron chi connectivity index (χ2n) is 12.4. The van der Waals surface area contributed by atoms with E-state index in [1.54, 1.807) is 12.4 Å². The number of anilines is 1. The minimum atomic E-state index is -0.0695. The average molecular weight is 670 g/mol. The molecule has 0 saturated carbocycles. The summed E-state index contributed by atoms with van der Waals surface area (Å²) in [4.78, 5) is 6.52. The molecular weight excluding hydrogens is 629 g/mol. The molecule has 1 aromatic heterocycles. The number of aromatic nitrogens is 1. The number of nitrogens with zero attached hydrogens (tertiary/aromatic N) is 3. The minimum absolute atomic E-state index is 0. The van der Waals surface area contributed by atoms with Crippen LogP contribution in [0.1, 0.15) is 58.1 Å². The van der Waals surface area contributed by atoms with Gasteiger partial charge in [-0.25, -0.2) is 0 Å². The molecule has 2 aromatic carbocycles. The van der Waals surface area contributed by atoms with Gasteiger partial charge in [0.1, 0.15) is 18.6 Å². The van der Waals surface area contributed by atoms with Gasteiger partial charge in [-0.1, -0.05) is 56.3 Å². The predicted molar refractivity (Wildman–Crippen MR) is 169 cm³/mol. The number of halogens is 1. The van der Waals surface area contributed by atoms with Crippen LogP contribution in [0.25, 0.3) is 0 Å². The summed E-state index contributed by atoms with van der Waals surface area (Å²) in [6.07, 6.45) is 15.8. The molecule has 3 aromatic rings. The van der Waals surface area contributed by atoms with Gasteiger partial charge in [0, 0.05) is 53.9 Å². The van der Waals surface area contributed by atoms with Crippen molar-refractivity contribution in [1.82, 2.24) is 4.98 Å². The van der Waals surface area contributed by atoms with Crippen LogP contribution in [0.15, 0.2) is 120 Å². The number of benzene rings is 2. The molecule has 3 heterocycles. The second-order valence-corrected chi connectivity index (χ2v) is 12.4. The molecule has 6 rings (SSSR count). The largest absolute Gasteiger partial charge is 1.00 e. The van der Waals surface area contributed by atoms with E-state index in [0.717, 1.165) is 30.8 Å². The quantitative estimate of drug-likeness (QED) is 0.269. The summed E-state index contributed by atoms with van der Waals surface area (Å²) in [6.45, 7) is 9.25. The van der Waals surface area contributed by atoms with Crippen LogP contribution in [-0.2, 0) is 10.8 Å². The molecule has 0 spiro atoms. The number of allylic oxidation sites excluding steroid dienone is 7. The fourth-order valence-electron chi connectivity index (χ4n) is 6.84. The first-order valence-corrected chi connectivity index (χ1v) is 14.6. The molecule has 1 aliphatic carbocycles. The van der Waals surface area contributed by atoms with Crippen molar-refractivity contribution in [2.24, 2.45) is 0 Å². The molecule has 0 N–H and O–H groups in total. The number of pyridine rings is 1. The summed E-state index contributed by atoms with van der Waals surface area (Å²) in [5.74, 6) is 1.77. The van der Waals surface area contributed by atoms with E-state index in [1.165, 1.54) is 45.1 Å². The maximum absolute atomic E-state index is 6.65. The topological polar surface area (TPSA) is 28.4 Å². The third-order valence-electron chi connectivity index (χ3n) is 9.11. The van der Waals surface area contributed by atoms with Gasteiger partial charge in [-0.05, 0) is 80.2 Å². The zero-order valence-corrected chi connectivity index (χ0v) is 27.6. The number of likely N-dealkylation sites (N-methyl/N-ethyl adjacent to an activating group) is 1. The third-order valence-corrected chi connectivity index (χ3v) is 9.11. The Labute approximate surface area is 267 Å². The lowest BCUT2D eigenvalue weighted by molar-refractivity contribution is -0.401. The number of fused-ring (bicyclic) bond motifs is 2. The van der Waals surface area contributed by atoms with Gasteiger partial charge in [0.25, 0.3) is 0 Å². The second kappa shape index (κ2) is 11.7. The number of rotatable bonds is 5. The zero-order chi connectivity index (χ0) is 28.8. The van der Waals surface area contributed by atoms with Crippen molar-refractivity contribution in [2.75, 3.05) is 19.0 Å². The van der Waals surface area contributed by atoms with Crippen LogP contribution in [0, 0.1) is 0 Å². The van der Waals surface area contributed by atoms with E-state index in [9.17, 15) is 0 Å². The monoisotopic (exact) mass is 669 g/mol. The van der Waals surface area contributed by atoms with Gasteiger partial charge in [0.05, 0.1) is 5.41 Å². The summed E-state index contributed by atoms with van der Waals surface area (Å²) in [5.41, 5.74) is 10.2. The van der Waals surface area contributed by atoms with E-state index in [-0.39, 0.29) is 34.8 Å². The van der Waals surface area contributed by atoms with Crippen molar-refractivity contribution in [2.45, 2.75) is 57.8 Å². The Kier molecular flexibility index (Phi) is 8.35. The Morgan fingerprint density at radius 3 is 2.24 bits per heavy atom. The van der Waals surface area contributed by atoms with E-state index in [2.05, 4.69) is 129 Å². The van der Waals surface area contributed by atoms with Gasteiger partial charge in [0.2, 0.25) is 5.69 Å². The Bertz CT molecular complexity index is 1660. The lowest BCUT2D eigenvalue weighted by Crippen LogP contribution is -3.00. The number of ether oxygens (including phenoxy) is 1. The van der Waals surface area contributed by atoms with Crippen LogP contribution in [-0.4, -0.2) is 29.4 Å². The molecule has 4 nitrogen and oxygen atoms in total. The Morgan fingerprint density at radius 2 is 1.52 bits per heavy atom. The van der Waals surface area contributed by atoms with Crippen molar-refractivity contribution in [3.8, 4) is 5.75 Å². The van der Waals surface area contributed by atoms with Crippen molar-refractivity contribution >= 4 is 17.1 Å². The Balaban J connectivity index is 0.00000353. The molecule has 42 heavy (non-hydrogen) atoms. The summed E-state index contributed by atoms with van der Waals surface area (Å²) in [5, 5.41) is 0. The van der Waals surface area contributed by atoms with Gasteiger partial charge in [-0.3, -0.25) is 4.98 Å². The molecule has 0 unspecified atom stereocenters. The standard InChI is InChI=1S/C37H40N3O.HI/c1-36(2)29-14-7-9-16-31(29)39(5)33(36)20-18-26-12-11-13-27(35(26)41-28-22-24-38-25-23-28)19-21-34-37(3,4)30-15-8-10-17-32(30)40(34)6;/h7-10,14-25H,11-13H2,1-6H3;1H/q+1;/p-1. The Morgan fingerprint density at radius 1 is 0.833 bits per heavy atom. The molecule has 2 aliphatic heterocycles. The predicted octanol–water partition coefficient (Wildman–Crippen LogP) is 5.40. The van der Waals surface area contributed by atoms with Gasteiger partial charge in [0.15, 0.2) is 5.71 Å². The highest BCUT2D eigenvalue weighted by Gasteiger charge is 2.42. The molecule has 0 atom stereocenters. The number of hydrogen-bond acceptors (Lipinski definition) is 3. The number of hydrogen-bond donors (Lipinski definition) is 0. The summed E-state index contributed by atoms with van der Waals surface area (Å²) >= 11 is 0. The SMILES string of the molecule is CN1/C(=C/C=C2\CCCC(/C=C/C3=[N+](C)c4ccccc4C3(C)C)=C2Oc2ccncc2)C(C)(C)c2ccccc21.[I-]. The molecule has 0 saturated heterocycles. The van der Waals surface area contributed by atoms with Crippen LogP contribution in [0.5, 0.6) is 5.75 Å². The van der Waals surface area contributed by atoms with Crippen LogP contribution >= 0.6 is 0 Å². The smallest absolute Gasteiger partial charge is 0.209 e. The van der Waals surface area contributed by atoms with E-state index in [4.69, 9.17) is 4.74 Å². The van der Waals surface area contributed by atoms with E-state index in [0.29, 0.717) is 0 Å². The average Bonchev–Trinajstić information content (AvgIpc) is 3.29. The molecular formula is C37H40IN3O. The Hall–Kier alpha value is -3.45. The van der Waals surface area contributed by atoms with Crippen LogP contribution in [0.2, 0.25) is 0 Å². The van der Waals surface area contributed by atoms with E-state index < -0.39 is 0 Å². The molecule has 0 fully saturated rings. The highest BCUT2D eigenvalue weighted by molar-refractivity contribution is 6.03. The number of para-hydroxylation sites is 2. The van der Waals surface area contributed by atoms with Gasteiger partial charge in [-0.2, -0.15) is 4.58 Å². The third kappa shape index (κ3) is 5.17. The summed E-state index contributed by atoms with van der Waals surface area (Å²) in [6, 6.07) is 21.3. The molecule has 5 heteroatoms. The normalized spacial score (nSPS) is 20.8. The van der Waals surface area contributed by atoms with Crippen LogP contribution < -0.4 is 33.6 Å². The fraction of sp³-hybridized carbons (Fsp3) is 0.297. The molecule has 216 valence electrons. The van der Waals surface area contributed by atoms with Gasteiger partial charge < -0.3 is 33.6 Å². The van der Waals surface area contributed by atoms with Gasteiger partial charge in [-0.15, -0.1) is 0 Å². The highest BCUT2D eigenvalue weighted by Crippen LogP contribution is 2.47. The first-order chi connectivity index (χ1) is 19.7. The van der Waals surface area contributed by atoms with Gasteiger partial charge >= 0.3 is 0 Å².